The lowest BCUT2D eigenvalue weighted by Gasteiger charge is -2.14. The number of ketones is 1. The maximum atomic E-state index is 11.9. The van der Waals surface area contributed by atoms with E-state index >= 15 is 0 Å². The van der Waals surface area contributed by atoms with Gasteiger partial charge in [-0.3, -0.25) is 4.90 Å². The minimum atomic E-state index is -0.323. The molecule has 0 N–H and O–H groups in total. The van der Waals surface area contributed by atoms with Crippen molar-refractivity contribution in [2.75, 3.05) is 11.4 Å². The van der Waals surface area contributed by atoms with E-state index in [1.165, 1.54) is 5.56 Å². The molecule has 1 heterocycles. The van der Waals surface area contributed by atoms with Crippen LogP contribution < -0.4 is 4.90 Å². The number of hydrogen-bond donors (Lipinski definition) is 0. The molecule has 4 heteroatoms. The van der Waals surface area contributed by atoms with Crippen LogP contribution in [0.15, 0.2) is 24.3 Å². The van der Waals surface area contributed by atoms with Crippen LogP contribution in [0.5, 0.6) is 0 Å². The topological polar surface area (TPSA) is 46.6 Å². The third kappa shape index (κ3) is 3.38. The van der Waals surface area contributed by atoms with Crippen molar-refractivity contribution < 1.29 is 14.3 Å². The van der Waals surface area contributed by atoms with Gasteiger partial charge >= 0.3 is 6.09 Å². The largest absolute Gasteiger partial charge is 0.444 e. The van der Waals surface area contributed by atoms with Crippen LogP contribution in [0.2, 0.25) is 0 Å². The number of hydrogen-bond acceptors (Lipinski definition) is 3. The van der Waals surface area contributed by atoms with Gasteiger partial charge in [-0.15, -0.1) is 0 Å². The first kappa shape index (κ1) is 14.6. The van der Waals surface area contributed by atoms with Crippen molar-refractivity contribution >= 4 is 17.6 Å². The molecule has 1 amide bonds. The van der Waals surface area contributed by atoms with E-state index in [-0.39, 0.29) is 18.0 Å². The van der Waals surface area contributed by atoms with Crippen LogP contribution in [0, 0.1) is 0 Å². The van der Waals surface area contributed by atoms with Gasteiger partial charge in [0.1, 0.15) is 11.9 Å². The maximum Gasteiger partial charge on any atom is 0.414 e. The van der Waals surface area contributed by atoms with Crippen molar-refractivity contribution in [2.45, 2.75) is 45.6 Å². The lowest BCUT2D eigenvalue weighted by Crippen LogP contribution is -2.24. The normalized spacial score (nSPS) is 18.5. The molecule has 1 aromatic rings. The Morgan fingerprint density at radius 3 is 2.55 bits per heavy atom. The Hall–Kier alpha value is -1.84. The van der Waals surface area contributed by atoms with E-state index in [0.29, 0.717) is 25.3 Å². The average Bonchev–Trinajstić information content (AvgIpc) is 2.78. The molecule has 1 aliphatic rings. The second-order valence-corrected chi connectivity index (χ2v) is 5.60. The van der Waals surface area contributed by atoms with E-state index in [4.69, 9.17) is 4.74 Å². The fourth-order valence-electron chi connectivity index (χ4n) is 2.29. The fraction of sp³-hybridized carbons (Fsp3) is 0.500. The summed E-state index contributed by atoms with van der Waals surface area (Å²) in [7, 11) is 0. The molecule has 0 spiro atoms. The molecule has 20 heavy (non-hydrogen) atoms. The van der Waals surface area contributed by atoms with E-state index in [9.17, 15) is 9.59 Å². The minimum absolute atomic E-state index is 0.126. The first-order valence-electron chi connectivity index (χ1n) is 7.05. The van der Waals surface area contributed by atoms with E-state index in [1.54, 1.807) is 11.8 Å². The molecule has 108 valence electrons. The Labute approximate surface area is 119 Å². The average molecular weight is 275 g/mol. The molecule has 1 unspecified atom stereocenters. The molecule has 0 saturated carbocycles. The summed E-state index contributed by atoms with van der Waals surface area (Å²) in [6.45, 7) is 6.35. The van der Waals surface area contributed by atoms with Crippen LogP contribution in [0.4, 0.5) is 10.5 Å². The van der Waals surface area contributed by atoms with E-state index in [2.05, 4.69) is 13.8 Å². The summed E-state index contributed by atoms with van der Waals surface area (Å²) < 4.78 is 5.29. The van der Waals surface area contributed by atoms with Gasteiger partial charge in [-0.05, 0) is 37.0 Å². The quantitative estimate of drug-likeness (QED) is 0.826. The standard InChI is InChI=1S/C16H21NO3/c1-11(2)13-5-7-14(8-6-13)17-10-15(20-16(17)19)9-4-12(3)18/h5-8,11,15H,4,9-10H2,1-3H3. The van der Waals surface area contributed by atoms with Crippen molar-refractivity contribution in [1.29, 1.82) is 0 Å². The van der Waals surface area contributed by atoms with Gasteiger partial charge in [0.15, 0.2) is 0 Å². The number of amides is 1. The highest BCUT2D eigenvalue weighted by Crippen LogP contribution is 2.25. The number of nitrogens with zero attached hydrogens (tertiary/aromatic N) is 1. The van der Waals surface area contributed by atoms with Crippen molar-refractivity contribution in [2.24, 2.45) is 0 Å². The number of carbonyl (C=O) groups is 2. The van der Waals surface area contributed by atoms with Gasteiger partial charge in [0.2, 0.25) is 0 Å². The highest BCUT2D eigenvalue weighted by molar-refractivity contribution is 5.89. The lowest BCUT2D eigenvalue weighted by atomic mass is 10.0. The number of carbonyl (C=O) groups excluding carboxylic acids is 2. The van der Waals surface area contributed by atoms with Crippen LogP contribution in [-0.4, -0.2) is 24.5 Å². The Morgan fingerprint density at radius 1 is 1.35 bits per heavy atom. The molecule has 0 bridgehead atoms. The van der Waals surface area contributed by atoms with Crippen molar-refractivity contribution in [3.63, 3.8) is 0 Å². The molecule has 4 nitrogen and oxygen atoms in total. The van der Waals surface area contributed by atoms with Crippen LogP contribution in [0.25, 0.3) is 0 Å². The van der Waals surface area contributed by atoms with E-state index < -0.39 is 0 Å². The van der Waals surface area contributed by atoms with Crippen LogP contribution in [0.3, 0.4) is 0 Å². The number of cyclic esters (lactones) is 1. The molecule has 2 rings (SSSR count). The molecular formula is C16H21NO3. The lowest BCUT2D eigenvalue weighted by molar-refractivity contribution is -0.117. The maximum absolute atomic E-state index is 11.9. The monoisotopic (exact) mass is 275 g/mol. The molecule has 1 aromatic carbocycles. The summed E-state index contributed by atoms with van der Waals surface area (Å²) >= 11 is 0. The molecule has 0 aromatic heterocycles. The zero-order chi connectivity index (χ0) is 14.7. The fourth-order valence-corrected chi connectivity index (χ4v) is 2.29. The third-order valence-corrected chi connectivity index (χ3v) is 3.56. The molecule has 1 saturated heterocycles. The van der Waals surface area contributed by atoms with Crippen molar-refractivity contribution in [3.8, 4) is 0 Å². The van der Waals surface area contributed by atoms with Gasteiger partial charge in [-0.2, -0.15) is 0 Å². The van der Waals surface area contributed by atoms with Crippen LogP contribution in [0.1, 0.15) is 45.1 Å². The summed E-state index contributed by atoms with van der Waals surface area (Å²) in [4.78, 5) is 24.5. The first-order chi connectivity index (χ1) is 9.47. The van der Waals surface area contributed by atoms with Crippen molar-refractivity contribution in [1.82, 2.24) is 0 Å². The zero-order valence-corrected chi connectivity index (χ0v) is 12.3. The molecule has 1 aliphatic heterocycles. The Morgan fingerprint density at radius 2 is 2.00 bits per heavy atom. The minimum Gasteiger partial charge on any atom is -0.444 e. The number of benzene rings is 1. The number of ether oxygens (including phenoxy) is 1. The van der Waals surface area contributed by atoms with Crippen LogP contribution >= 0.6 is 0 Å². The number of rotatable bonds is 5. The van der Waals surface area contributed by atoms with Gasteiger partial charge in [-0.25, -0.2) is 4.79 Å². The molecule has 0 radical (unpaired) electrons. The predicted octanol–water partition coefficient (Wildman–Crippen LogP) is 3.50. The number of Topliss-reactive ketones (excluding diaryl/α,β-unsaturated/α-hetero) is 1. The summed E-state index contributed by atoms with van der Waals surface area (Å²) in [5.41, 5.74) is 2.10. The van der Waals surface area contributed by atoms with Gasteiger partial charge in [0.25, 0.3) is 0 Å². The molecule has 0 aliphatic carbocycles. The smallest absolute Gasteiger partial charge is 0.414 e. The Bertz CT molecular complexity index is 493. The highest BCUT2D eigenvalue weighted by Gasteiger charge is 2.32. The number of anilines is 1. The Balaban J connectivity index is 2.02. The third-order valence-electron chi connectivity index (χ3n) is 3.56. The van der Waals surface area contributed by atoms with E-state index in [0.717, 1.165) is 5.69 Å². The SMILES string of the molecule is CC(=O)CCC1CN(c2ccc(C(C)C)cc2)C(=O)O1. The summed E-state index contributed by atoms with van der Waals surface area (Å²) in [5.74, 6) is 0.596. The molecular weight excluding hydrogens is 254 g/mol. The van der Waals surface area contributed by atoms with Gasteiger partial charge in [-0.1, -0.05) is 26.0 Å². The molecule has 1 atom stereocenters. The highest BCUT2D eigenvalue weighted by atomic mass is 16.6. The Kier molecular flexibility index (Phi) is 4.42. The zero-order valence-electron chi connectivity index (χ0n) is 12.3. The van der Waals surface area contributed by atoms with E-state index in [1.807, 2.05) is 24.3 Å². The van der Waals surface area contributed by atoms with Gasteiger partial charge in [0, 0.05) is 12.1 Å². The van der Waals surface area contributed by atoms with Gasteiger partial charge in [0.05, 0.1) is 6.54 Å². The summed E-state index contributed by atoms with van der Waals surface area (Å²) in [5, 5.41) is 0. The second kappa shape index (κ2) is 6.07. The summed E-state index contributed by atoms with van der Waals surface area (Å²) in [6, 6.07) is 7.97. The van der Waals surface area contributed by atoms with Crippen LogP contribution in [-0.2, 0) is 9.53 Å². The van der Waals surface area contributed by atoms with Crippen molar-refractivity contribution in [3.05, 3.63) is 29.8 Å². The summed E-state index contributed by atoms with van der Waals surface area (Å²) in [6.07, 6.45) is 0.548. The van der Waals surface area contributed by atoms with Gasteiger partial charge < -0.3 is 9.53 Å². The second-order valence-electron chi connectivity index (χ2n) is 5.60. The predicted molar refractivity (Wildman–Crippen MR) is 78.1 cm³/mol. The molecule has 1 fully saturated rings. The first-order valence-corrected chi connectivity index (χ1v) is 7.05.